The van der Waals surface area contributed by atoms with Gasteiger partial charge in [0.05, 0.1) is 4.91 Å². The molecule has 2 N–H and O–H groups in total. The second-order valence-electron chi connectivity index (χ2n) is 4.85. The van der Waals surface area contributed by atoms with Gasteiger partial charge in [0.15, 0.2) is 0 Å². The first-order chi connectivity index (χ1) is 11.1. The van der Waals surface area contributed by atoms with Gasteiger partial charge in [-0.2, -0.15) is 0 Å². The summed E-state index contributed by atoms with van der Waals surface area (Å²) < 4.78 is 0.493. The van der Waals surface area contributed by atoms with E-state index in [2.05, 4.69) is 5.32 Å². The number of carbonyl (C=O) groups excluding carboxylic acids is 1. The molecule has 1 saturated heterocycles. The van der Waals surface area contributed by atoms with Crippen molar-refractivity contribution >= 4 is 52.0 Å². The normalized spacial score (nSPS) is 15.9. The lowest BCUT2D eigenvalue weighted by molar-refractivity contribution is -0.115. The zero-order valence-corrected chi connectivity index (χ0v) is 14.4. The number of thioether (sulfide) groups is 2. The van der Waals surface area contributed by atoms with Crippen LogP contribution in [0.5, 0.6) is 5.75 Å². The number of aromatic hydroxyl groups is 1. The Hall–Kier alpha value is -1.76. The van der Waals surface area contributed by atoms with Crippen LogP contribution in [0.4, 0.5) is 0 Å². The summed E-state index contributed by atoms with van der Waals surface area (Å²) in [6, 6.07) is 15.3. The molecule has 0 unspecified atom stereocenters. The van der Waals surface area contributed by atoms with E-state index in [0.717, 1.165) is 21.8 Å². The Bertz CT molecular complexity index is 802. The molecule has 3 nitrogen and oxygen atoms in total. The van der Waals surface area contributed by atoms with Crippen molar-refractivity contribution in [2.24, 2.45) is 0 Å². The lowest BCUT2D eigenvalue weighted by atomic mass is 10.1. The third-order valence-electron chi connectivity index (χ3n) is 3.15. The van der Waals surface area contributed by atoms with E-state index in [1.54, 1.807) is 23.9 Å². The monoisotopic (exact) mass is 359 g/mol. The number of thiocarbonyl (C=S) groups is 1. The average molecular weight is 359 g/mol. The Morgan fingerprint density at radius 1 is 1.22 bits per heavy atom. The predicted molar refractivity (Wildman–Crippen MR) is 100 cm³/mol. The van der Waals surface area contributed by atoms with Crippen LogP contribution in [0.3, 0.4) is 0 Å². The lowest BCUT2D eigenvalue weighted by Gasteiger charge is -2.05. The minimum atomic E-state index is -0.144. The van der Waals surface area contributed by atoms with Gasteiger partial charge in [-0.1, -0.05) is 60.4 Å². The smallest absolute Gasteiger partial charge is 0.263 e. The van der Waals surface area contributed by atoms with Crippen molar-refractivity contribution in [3.63, 3.8) is 0 Å². The van der Waals surface area contributed by atoms with Crippen molar-refractivity contribution in [3.8, 4) is 5.75 Å². The highest BCUT2D eigenvalue weighted by Crippen LogP contribution is 2.31. The molecule has 2 aromatic rings. The quantitative estimate of drug-likeness (QED) is 0.487. The van der Waals surface area contributed by atoms with Crippen LogP contribution in [-0.2, 0) is 10.5 Å². The molecule has 3 rings (SSSR count). The van der Waals surface area contributed by atoms with E-state index in [1.165, 1.54) is 11.8 Å². The minimum absolute atomic E-state index is 0.144. The summed E-state index contributed by atoms with van der Waals surface area (Å²) in [5.41, 5.74) is 2.08. The maximum Gasteiger partial charge on any atom is 0.263 e. The van der Waals surface area contributed by atoms with Gasteiger partial charge in [0.25, 0.3) is 5.91 Å². The Labute approximate surface area is 148 Å². The summed E-state index contributed by atoms with van der Waals surface area (Å²) in [7, 11) is 0. The van der Waals surface area contributed by atoms with Crippen molar-refractivity contribution in [2.75, 3.05) is 0 Å². The number of phenolic OH excluding ortho intramolecular Hbond substituents is 1. The zero-order chi connectivity index (χ0) is 16.2. The zero-order valence-electron chi connectivity index (χ0n) is 12.0. The third kappa shape index (κ3) is 4.16. The molecular formula is C17H13NO2S3. The van der Waals surface area contributed by atoms with Crippen molar-refractivity contribution in [2.45, 2.75) is 10.6 Å². The summed E-state index contributed by atoms with van der Waals surface area (Å²) in [4.78, 5) is 13.2. The molecule has 1 heterocycles. The molecule has 0 spiro atoms. The Morgan fingerprint density at radius 2 is 2.04 bits per heavy atom. The number of hydrogen-bond acceptors (Lipinski definition) is 5. The fraction of sp³-hybridized carbons (Fsp3) is 0.0588. The number of nitrogens with one attached hydrogen (secondary N) is 1. The molecule has 0 aliphatic carbocycles. The molecule has 0 radical (unpaired) electrons. The van der Waals surface area contributed by atoms with Crippen LogP contribution in [0.25, 0.3) is 6.08 Å². The number of phenols is 1. The number of para-hydroxylation sites is 1. The van der Waals surface area contributed by atoms with Gasteiger partial charge in [0.2, 0.25) is 0 Å². The maximum atomic E-state index is 11.7. The third-order valence-corrected chi connectivity index (χ3v) is 5.45. The molecule has 1 amide bonds. The number of amides is 1. The van der Waals surface area contributed by atoms with Crippen LogP contribution >= 0.6 is 35.7 Å². The van der Waals surface area contributed by atoms with Crippen molar-refractivity contribution < 1.29 is 9.90 Å². The Morgan fingerprint density at radius 3 is 2.78 bits per heavy atom. The fourth-order valence-electron chi connectivity index (χ4n) is 2.09. The molecule has 1 fully saturated rings. The van der Waals surface area contributed by atoms with E-state index < -0.39 is 0 Å². The highest BCUT2D eigenvalue weighted by atomic mass is 32.2. The van der Waals surface area contributed by atoms with E-state index in [0.29, 0.717) is 15.0 Å². The van der Waals surface area contributed by atoms with Crippen LogP contribution in [0.2, 0.25) is 0 Å². The SMILES string of the molecule is O=C1NC(=S)SC1=Cc1cccc(CSc2ccccc2O)c1. The van der Waals surface area contributed by atoms with E-state index >= 15 is 0 Å². The molecule has 0 aromatic heterocycles. The summed E-state index contributed by atoms with van der Waals surface area (Å²) in [5, 5.41) is 12.4. The van der Waals surface area contributed by atoms with Gasteiger partial charge in [0, 0.05) is 10.6 Å². The highest BCUT2D eigenvalue weighted by molar-refractivity contribution is 8.26. The number of benzene rings is 2. The van der Waals surface area contributed by atoms with Crippen molar-refractivity contribution in [1.29, 1.82) is 0 Å². The molecule has 116 valence electrons. The summed E-state index contributed by atoms with van der Waals surface area (Å²) in [6.07, 6.45) is 1.84. The first-order valence-corrected chi connectivity index (χ1v) is 9.07. The minimum Gasteiger partial charge on any atom is -0.507 e. The highest BCUT2D eigenvalue weighted by Gasteiger charge is 2.21. The topological polar surface area (TPSA) is 49.3 Å². The molecule has 2 aromatic carbocycles. The largest absolute Gasteiger partial charge is 0.507 e. The second kappa shape index (κ2) is 7.21. The summed E-state index contributed by atoms with van der Waals surface area (Å²) in [5.74, 6) is 0.893. The molecule has 0 atom stereocenters. The molecule has 23 heavy (non-hydrogen) atoms. The lowest BCUT2D eigenvalue weighted by Crippen LogP contribution is -2.17. The summed E-state index contributed by atoms with van der Waals surface area (Å²) >= 11 is 7.84. The van der Waals surface area contributed by atoms with Crippen LogP contribution in [0.15, 0.2) is 58.3 Å². The molecule has 1 aliphatic heterocycles. The second-order valence-corrected chi connectivity index (χ2v) is 7.59. The van der Waals surface area contributed by atoms with E-state index in [9.17, 15) is 9.90 Å². The molecular weight excluding hydrogens is 346 g/mol. The fourth-order valence-corrected chi connectivity index (χ4v) is 4.02. The Balaban J connectivity index is 1.73. The standard InChI is InChI=1S/C17H13NO2S3/c19-13-6-1-2-7-14(13)22-10-12-5-3-4-11(8-12)9-15-16(20)18-17(21)23-15/h1-9,19H,10H2,(H,18,20,21). The average Bonchev–Trinajstić information content (AvgIpc) is 2.84. The number of carbonyl (C=O) groups is 1. The van der Waals surface area contributed by atoms with Gasteiger partial charge in [0.1, 0.15) is 10.1 Å². The molecule has 0 bridgehead atoms. The van der Waals surface area contributed by atoms with E-state index in [1.807, 2.05) is 42.5 Å². The van der Waals surface area contributed by atoms with E-state index in [4.69, 9.17) is 12.2 Å². The van der Waals surface area contributed by atoms with Crippen LogP contribution in [-0.4, -0.2) is 15.3 Å². The molecule has 0 saturated carbocycles. The number of rotatable bonds is 4. The van der Waals surface area contributed by atoms with Crippen LogP contribution in [0, 0.1) is 0 Å². The Kier molecular flexibility index (Phi) is 5.05. The van der Waals surface area contributed by atoms with Crippen molar-refractivity contribution in [3.05, 3.63) is 64.6 Å². The molecule has 6 heteroatoms. The van der Waals surface area contributed by atoms with Gasteiger partial charge in [-0.25, -0.2) is 0 Å². The van der Waals surface area contributed by atoms with Crippen LogP contribution in [0.1, 0.15) is 11.1 Å². The maximum absolute atomic E-state index is 11.7. The van der Waals surface area contributed by atoms with Gasteiger partial charge in [-0.15, -0.1) is 11.8 Å². The van der Waals surface area contributed by atoms with Gasteiger partial charge in [-0.3, -0.25) is 4.79 Å². The van der Waals surface area contributed by atoms with Gasteiger partial charge in [-0.05, 0) is 29.3 Å². The first kappa shape index (κ1) is 16.1. The number of hydrogen-bond donors (Lipinski definition) is 2. The molecule has 1 aliphatic rings. The van der Waals surface area contributed by atoms with Crippen molar-refractivity contribution in [1.82, 2.24) is 5.32 Å². The van der Waals surface area contributed by atoms with Crippen LogP contribution < -0.4 is 5.32 Å². The van der Waals surface area contributed by atoms with Gasteiger partial charge < -0.3 is 10.4 Å². The first-order valence-electron chi connectivity index (χ1n) is 6.86. The summed E-state index contributed by atoms with van der Waals surface area (Å²) in [6.45, 7) is 0. The van der Waals surface area contributed by atoms with E-state index in [-0.39, 0.29) is 5.91 Å². The van der Waals surface area contributed by atoms with Gasteiger partial charge >= 0.3 is 0 Å². The predicted octanol–water partition coefficient (Wildman–Crippen LogP) is 4.17.